The van der Waals surface area contributed by atoms with E-state index < -0.39 is 22.5 Å². The number of halogens is 2. The molecule has 32 heavy (non-hydrogen) atoms. The van der Waals surface area contributed by atoms with Crippen molar-refractivity contribution in [3.05, 3.63) is 81.8 Å². The van der Waals surface area contributed by atoms with E-state index in [4.69, 9.17) is 27.9 Å². The van der Waals surface area contributed by atoms with Crippen LogP contribution in [0.25, 0.3) is 0 Å². The summed E-state index contributed by atoms with van der Waals surface area (Å²) in [5.74, 6) is -0.270. The number of nitrogens with one attached hydrogen (secondary N) is 1. The zero-order valence-corrected chi connectivity index (χ0v) is 20.1. The van der Waals surface area contributed by atoms with Gasteiger partial charge < -0.3 is 10.1 Å². The summed E-state index contributed by atoms with van der Waals surface area (Å²) in [7, 11) is -2.65. The van der Waals surface area contributed by atoms with Crippen molar-refractivity contribution in [3.63, 3.8) is 0 Å². The Kier molecular flexibility index (Phi) is 7.33. The lowest BCUT2D eigenvalue weighted by Gasteiger charge is -2.26. The minimum atomic E-state index is -4.09. The number of rotatable bonds is 7. The molecule has 0 aliphatic heterocycles. The molecule has 1 amide bonds. The number of hydrogen-bond acceptors (Lipinski definition) is 4. The van der Waals surface area contributed by atoms with Gasteiger partial charge in [-0.3, -0.25) is 9.10 Å². The Labute approximate surface area is 197 Å². The van der Waals surface area contributed by atoms with Crippen LogP contribution in [0.1, 0.15) is 11.1 Å². The first kappa shape index (κ1) is 23.9. The molecular weight excluding hydrogens is 471 g/mol. The van der Waals surface area contributed by atoms with Crippen LogP contribution in [0.15, 0.2) is 65.6 Å². The Morgan fingerprint density at radius 3 is 2.28 bits per heavy atom. The fourth-order valence-corrected chi connectivity index (χ4v) is 4.81. The molecule has 0 saturated heterocycles. The van der Waals surface area contributed by atoms with E-state index in [0.29, 0.717) is 10.8 Å². The van der Waals surface area contributed by atoms with Crippen molar-refractivity contribution in [2.24, 2.45) is 0 Å². The highest BCUT2D eigenvalue weighted by Crippen LogP contribution is 2.34. The molecule has 0 spiro atoms. The van der Waals surface area contributed by atoms with E-state index in [2.05, 4.69) is 5.32 Å². The molecule has 0 unspecified atom stereocenters. The van der Waals surface area contributed by atoms with Crippen molar-refractivity contribution in [2.45, 2.75) is 18.7 Å². The van der Waals surface area contributed by atoms with Gasteiger partial charge in [0, 0.05) is 5.02 Å². The molecule has 9 heteroatoms. The summed E-state index contributed by atoms with van der Waals surface area (Å²) in [6.45, 7) is 3.18. The summed E-state index contributed by atoms with van der Waals surface area (Å²) in [5, 5.41) is 3.30. The van der Waals surface area contributed by atoms with Gasteiger partial charge in [0.15, 0.2) is 0 Å². The molecule has 0 radical (unpaired) electrons. The molecule has 3 rings (SSSR count). The molecule has 3 aromatic rings. The highest BCUT2D eigenvalue weighted by atomic mass is 35.5. The molecule has 168 valence electrons. The zero-order valence-electron chi connectivity index (χ0n) is 17.7. The van der Waals surface area contributed by atoms with Gasteiger partial charge >= 0.3 is 0 Å². The van der Waals surface area contributed by atoms with Crippen LogP contribution < -0.4 is 14.4 Å². The van der Waals surface area contributed by atoms with Gasteiger partial charge in [-0.05, 0) is 61.9 Å². The lowest BCUT2D eigenvalue weighted by molar-refractivity contribution is -0.114. The van der Waals surface area contributed by atoms with E-state index in [0.717, 1.165) is 15.4 Å². The van der Waals surface area contributed by atoms with Gasteiger partial charge in [0.2, 0.25) is 5.91 Å². The number of anilines is 2. The number of amides is 1. The van der Waals surface area contributed by atoms with Gasteiger partial charge in [0.05, 0.1) is 28.4 Å². The van der Waals surface area contributed by atoms with E-state index in [-0.39, 0.29) is 21.3 Å². The Morgan fingerprint density at radius 1 is 0.969 bits per heavy atom. The zero-order chi connectivity index (χ0) is 23.5. The lowest BCUT2D eigenvalue weighted by atomic mass is 10.2. The molecule has 0 aromatic heterocycles. The third kappa shape index (κ3) is 5.35. The second kappa shape index (κ2) is 9.81. The summed E-state index contributed by atoms with van der Waals surface area (Å²) < 4.78 is 33.6. The second-order valence-electron chi connectivity index (χ2n) is 7.17. The van der Waals surface area contributed by atoms with Crippen molar-refractivity contribution in [1.82, 2.24) is 0 Å². The van der Waals surface area contributed by atoms with E-state index in [1.807, 2.05) is 13.8 Å². The maximum atomic E-state index is 13.6. The highest BCUT2D eigenvalue weighted by molar-refractivity contribution is 7.92. The molecule has 6 nitrogen and oxygen atoms in total. The van der Waals surface area contributed by atoms with E-state index in [9.17, 15) is 13.2 Å². The first-order valence-electron chi connectivity index (χ1n) is 9.61. The quantitative estimate of drug-likeness (QED) is 0.475. The van der Waals surface area contributed by atoms with Crippen molar-refractivity contribution >= 4 is 50.5 Å². The van der Waals surface area contributed by atoms with Crippen LogP contribution in [0.5, 0.6) is 5.75 Å². The molecule has 0 fully saturated rings. The van der Waals surface area contributed by atoms with E-state index in [1.54, 1.807) is 42.5 Å². The molecule has 0 heterocycles. The van der Waals surface area contributed by atoms with Crippen molar-refractivity contribution in [3.8, 4) is 5.75 Å². The third-order valence-corrected chi connectivity index (χ3v) is 7.04. The number of nitrogens with zero attached hydrogens (tertiary/aromatic N) is 1. The Bertz CT molecular complexity index is 1250. The number of sulfonamides is 1. The lowest BCUT2D eigenvalue weighted by Crippen LogP contribution is -2.38. The average Bonchev–Trinajstić information content (AvgIpc) is 2.75. The standard InChI is InChI=1S/C23H22Cl2N2O4S/c1-15-4-8-18(9-5-15)32(29,30)27(21-12-16(2)6-11-22(21)31-3)14-23(28)26-20-13-17(24)7-10-19(20)25/h4-13H,14H2,1-3H3,(H,26,28). The minimum absolute atomic E-state index is 0.0558. The van der Waals surface area contributed by atoms with Crippen LogP contribution in [0, 0.1) is 13.8 Å². The summed E-state index contributed by atoms with van der Waals surface area (Å²) in [5.41, 5.74) is 2.26. The molecule has 0 bridgehead atoms. The first-order valence-corrected chi connectivity index (χ1v) is 11.8. The normalized spacial score (nSPS) is 11.2. The van der Waals surface area contributed by atoms with Crippen LogP contribution in [0.3, 0.4) is 0 Å². The molecule has 0 aliphatic carbocycles. The number of aryl methyl sites for hydroxylation is 2. The van der Waals surface area contributed by atoms with Crippen molar-refractivity contribution < 1.29 is 17.9 Å². The van der Waals surface area contributed by atoms with Crippen LogP contribution >= 0.6 is 23.2 Å². The third-order valence-electron chi connectivity index (χ3n) is 4.70. The monoisotopic (exact) mass is 492 g/mol. The smallest absolute Gasteiger partial charge is 0.264 e. The average molecular weight is 493 g/mol. The number of carbonyl (C=O) groups excluding carboxylic acids is 1. The topological polar surface area (TPSA) is 75.7 Å². The van der Waals surface area contributed by atoms with Crippen molar-refractivity contribution in [1.29, 1.82) is 0 Å². The predicted octanol–water partition coefficient (Wildman–Crippen LogP) is 5.45. The van der Waals surface area contributed by atoms with Crippen LogP contribution in [0.4, 0.5) is 11.4 Å². The van der Waals surface area contributed by atoms with Gasteiger partial charge in [0.25, 0.3) is 10.0 Å². The number of hydrogen-bond donors (Lipinski definition) is 1. The summed E-state index contributed by atoms with van der Waals surface area (Å²) in [6, 6.07) is 16.2. The fourth-order valence-electron chi connectivity index (χ4n) is 3.05. The molecule has 0 atom stereocenters. The van der Waals surface area contributed by atoms with Crippen LogP contribution in [0.2, 0.25) is 10.0 Å². The predicted molar refractivity (Wildman–Crippen MR) is 129 cm³/mol. The molecule has 0 aliphatic rings. The van der Waals surface area contributed by atoms with Gasteiger partial charge in [-0.25, -0.2) is 8.42 Å². The van der Waals surface area contributed by atoms with Crippen molar-refractivity contribution in [2.75, 3.05) is 23.3 Å². The van der Waals surface area contributed by atoms with Gasteiger partial charge in [-0.2, -0.15) is 0 Å². The van der Waals surface area contributed by atoms with Gasteiger partial charge in [-0.1, -0.05) is 47.0 Å². The maximum Gasteiger partial charge on any atom is 0.264 e. The molecule has 3 aromatic carbocycles. The SMILES string of the molecule is COc1ccc(C)cc1N(CC(=O)Nc1cc(Cl)ccc1Cl)S(=O)(=O)c1ccc(C)cc1. The maximum absolute atomic E-state index is 13.6. The van der Waals surface area contributed by atoms with E-state index >= 15 is 0 Å². The number of methoxy groups -OCH3 is 1. The Hall–Kier alpha value is -2.74. The summed E-state index contributed by atoms with van der Waals surface area (Å²) in [6.07, 6.45) is 0. The Balaban J connectivity index is 2.05. The second-order valence-corrected chi connectivity index (χ2v) is 9.88. The minimum Gasteiger partial charge on any atom is -0.495 e. The van der Waals surface area contributed by atoms with E-state index in [1.165, 1.54) is 25.3 Å². The first-order chi connectivity index (χ1) is 15.1. The fraction of sp³-hybridized carbons (Fsp3) is 0.174. The summed E-state index contributed by atoms with van der Waals surface area (Å²) >= 11 is 12.1. The summed E-state index contributed by atoms with van der Waals surface area (Å²) in [4.78, 5) is 13.0. The molecule has 0 saturated carbocycles. The number of ether oxygens (including phenoxy) is 1. The Morgan fingerprint density at radius 2 is 1.62 bits per heavy atom. The molecule has 1 N–H and O–H groups in total. The molecular formula is C23H22Cl2N2O4S. The van der Waals surface area contributed by atoms with Gasteiger partial charge in [-0.15, -0.1) is 0 Å². The highest BCUT2D eigenvalue weighted by Gasteiger charge is 2.29. The van der Waals surface area contributed by atoms with Crippen LogP contribution in [-0.2, 0) is 14.8 Å². The van der Waals surface area contributed by atoms with Crippen LogP contribution in [-0.4, -0.2) is 28.0 Å². The van der Waals surface area contributed by atoms with Gasteiger partial charge in [0.1, 0.15) is 12.3 Å². The number of benzene rings is 3. The largest absolute Gasteiger partial charge is 0.495 e. The number of carbonyl (C=O) groups is 1.